The summed E-state index contributed by atoms with van der Waals surface area (Å²) in [6.45, 7) is 4.77. The lowest BCUT2D eigenvalue weighted by molar-refractivity contribution is 0.660. The fourth-order valence-electron chi connectivity index (χ4n) is 11.3. The van der Waals surface area contributed by atoms with Crippen LogP contribution in [0.25, 0.3) is 58.7 Å². The molecular weight excluding hydrogens is 785 g/mol. The van der Waals surface area contributed by atoms with Gasteiger partial charge in [-0.05, 0) is 126 Å². The van der Waals surface area contributed by atoms with Crippen LogP contribution in [0, 0.1) is 0 Å². The van der Waals surface area contributed by atoms with Gasteiger partial charge in [-0.1, -0.05) is 196 Å². The molecule has 8 aromatic rings. The van der Waals surface area contributed by atoms with E-state index in [1.165, 1.54) is 112 Å². The van der Waals surface area contributed by atoms with Gasteiger partial charge in [-0.3, -0.25) is 0 Å². The van der Waals surface area contributed by atoms with E-state index in [-0.39, 0.29) is 17.3 Å². The Labute approximate surface area is 381 Å². The van der Waals surface area contributed by atoms with Crippen molar-refractivity contribution in [2.45, 2.75) is 31.1 Å². The Morgan fingerprint density at radius 3 is 1.28 bits per heavy atom. The Kier molecular flexibility index (Phi) is 8.42. The van der Waals surface area contributed by atoms with E-state index in [1.54, 1.807) is 0 Å². The molecule has 5 aliphatic rings. The molecule has 2 nitrogen and oxygen atoms in total. The summed E-state index contributed by atoms with van der Waals surface area (Å²) in [6.07, 6.45) is 22.8. The maximum Gasteiger partial charge on any atom is 0.0534 e. The number of nitrogens with zero attached hydrogens (tertiary/aromatic N) is 2. The van der Waals surface area contributed by atoms with Crippen molar-refractivity contribution in [3.63, 3.8) is 0 Å². The van der Waals surface area contributed by atoms with Gasteiger partial charge < -0.3 is 9.80 Å². The van der Waals surface area contributed by atoms with Gasteiger partial charge in [-0.15, -0.1) is 0 Å². The summed E-state index contributed by atoms with van der Waals surface area (Å²) in [5.41, 5.74) is 25.1. The molecular formula is C63H46N2. The molecule has 0 saturated carbocycles. The van der Waals surface area contributed by atoms with Crippen molar-refractivity contribution >= 4 is 70.6 Å². The highest BCUT2D eigenvalue weighted by atomic mass is 15.2. The number of benzene rings is 8. The molecule has 8 aromatic carbocycles. The summed E-state index contributed by atoms with van der Waals surface area (Å²) in [7, 11) is 0. The second-order valence-corrected chi connectivity index (χ2v) is 18.5. The van der Waals surface area contributed by atoms with Crippen LogP contribution in [0.15, 0.2) is 194 Å². The van der Waals surface area contributed by atoms with Crippen LogP contribution in [0.1, 0.15) is 81.3 Å². The van der Waals surface area contributed by atoms with E-state index in [9.17, 15) is 0 Å². The molecule has 0 fully saturated rings. The second-order valence-electron chi connectivity index (χ2n) is 18.5. The average molecular weight is 831 g/mol. The zero-order chi connectivity index (χ0) is 43.2. The summed E-state index contributed by atoms with van der Waals surface area (Å²) in [5.74, 6) is 0.507. The van der Waals surface area contributed by atoms with Gasteiger partial charge >= 0.3 is 0 Å². The van der Waals surface area contributed by atoms with Crippen LogP contribution in [-0.2, 0) is 5.41 Å². The molecule has 0 radical (unpaired) electrons. The highest BCUT2D eigenvalue weighted by Crippen LogP contribution is 2.54. The largest absolute Gasteiger partial charge is 0.309 e. The van der Waals surface area contributed by atoms with Crippen LogP contribution in [0.5, 0.6) is 0 Å². The Hall–Kier alpha value is -7.94. The third kappa shape index (κ3) is 5.94. The van der Waals surface area contributed by atoms with Crippen molar-refractivity contribution in [1.29, 1.82) is 0 Å². The first-order valence-electron chi connectivity index (χ1n) is 22.9. The standard InChI is InChI=1S/C63H46N2/c1-63(2)57-38-42(26-34-53(57)54-36-32-48(40-58(54)63)65-61-21-11-5-15-45(61)29-30-46-16-6-12-22-62(46)65)24-23-41-25-33-51-52-35-31-47(39-56(52)50-18-8-7-17-49(50)55(51)37-41)64-59-19-9-3-13-43(59)27-28-44-14-4-10-20-60(44)64/h3-40,49-50H,1-2H3. The van der Waals surface area contributed by atoms with E-state index < -0.39 is 0 Å². The maximum atomic E-state index is 2.45. The molecule has 0 amide bonds. The summed E-state index contributed by atoms with van der Waals surface area (Å²) in [5, 5.41) is 0. The molecule has 2 atom stereocenters. The Balaban J connectivity index is 0.826. The van der Waals surface area contributed by atoms with Crippen molar-refractivity contribution in [3.8, 4) is 22.3 Å². The molecule has 2 aliphatic heterocycles. The van der Waals surface area contributed by atoms with Crippen molar-refractivity contribution in [1.82, 2.24) is 0 Å². The Morgan fingerprint density at radius 1 is 0.385 bits per heavy atom. The normalized spacial score (nSPS) is 17.4. The maximum absolute atomic E-state index is 2.45. The van der Waals surface area contributed by atoms with E-state index in [4.69, 9.17) is 0 Å². The lowest BCUT2D eigenvalue weighted by atomic mass is 9.69. The van der Waals surface area contributed by atoms with Crippen molar-refractivity contribution in [3.05, 3.63) is 250 Å². The van der Waals surface area contributed by atoms with Crippen LogP contribution in [0.3, 0.4) is 0 Å². The summed E-state index contributed by atoms with van der Waals surface area (Å²) in [4.78, 5) is 4.87. The first-order valence-corrected chi connectivity index (χ1v) is 22.9. The van der Waals surface area contributed by atoms with E-state index in [0.29, 0.717) is 0 Å². The SMILES string of the molecule is CC1(C)c2cc(C=Cc3ccc4c(c3)C3C=CC=CC3c3cc(N5c6ccccc6C=Cc6ccccc65)ccc3-4)ccc2-c2ccc(N3c4ccccc4C=Cc4ccccc43)cc21. The van der Waals surface area contributed by atoms with Gasteiger partial charge in [0.05, 0.1) is 22.7 Å². The number of hydrogen-bond donors (Lipinski definition) is 0. The molecule has 2 heteroatoms. The van der Waals surface area contributed by atoms with E-state index in [0.717, 1.165) is 0 Å². The topological polar surface area (TPSA) is 6.48 Å². The van der Waals surface area contributed by atoms with E-state index >= 15 is 0 Å². The van der Waals surface area contributed by atoms with Crippen molar-refractivity contribution in [2.24, 2.45) is 0 Å². The smallest absolute Gasteiger partial charge is 0.0534 e. The number of fused-ring (bicyclic) bond motifs is 13. The summed E-state index contributed by atoms with van der Waals surface area (Å²) < 4.78 is 0. The van der Waals surface area contributed by atoms with Gasteiger partial charge in [0.2, 0.25) is 0 Å². The number of allylic oxidation sites excluding steroid dienone is 4. The minimum Gasteiger partial charge on any atom is -0.309 e. The first kappa shape index (κ1) is 37.6. The zero-order valence-electron chi connectivity index (χ0n) is 36.5. The lowest BCUT2D eigenvalue weighted by Crippen LogP contribution is -2.18. The number of para-hydroxylation sites is 4. The molecule has 0 spiro atoms. The second kappa shape index (κ2) is 14.6. The van der Waals surface area contributed by atoms with Crippen LogP contribution >= 0.6 is 0 Å². The molecule has 0 N–H and O–H groups in total. The summed E-state index contributed by atoms with van der Waals surface area (Å²) >= 11 is 0. The summed E-state index contributed by atoms with van der Waals surface area (Å²) in [6, 6.07) is 63.2. The fraction of sp³-hybridized carbons (Fsp3) is 0.0794. The third-order valence-electron chi connectivity index (χ3n) is 14.5. The molecule has 2 unspecified atom stereocenters. The molecule has 3 aliphatic carbocycles. The van der Waals surface area contributed by atoms with E-state index in [1.807, 2.05) is 0 Å². The Bertz CT molecular complexity index is 3340. The van der Waals surface area contributed by atoms with Gasteiger partial charge in [0, 0.05) is 28.6 Å². The predicted octanol–water partition coefficient (Wildman–Crippen LogP) is 17.0. The number of rotatable bonds is 4. The van der Waals surface area contributed by atoms with Gasteiger partial charge in [-0.25, -0.2) is 0 Å². The minimum atomic E-state index is -0.167. The highest BCUT2D eigenvalue weighted by Gasteiger charge is 2.37. The predicted molar refractivity (Wildman–Crippen MR) is 276 cm³/mol. The molecule has 308 valence electrons. The minimum absolute atomic E-state index is 0.167. The third-order valence-corrected chi connectivity index (χ3v) is 14.5. The van der Waals surface area contributed by atoms with Crippen LogP contribution < -0.4 is 9.80 Å². The van der Waals surface area contributed by atoms with Crippen LogP contribution in [0.4, 0.5) is 34.1 Å². The monoisotopic (exact) mass is 830 g/mol. The number of anilines is 6. The van der Waals surface area contributed by atoms with Gasteiger partial charge in [-0.2, -0.15) is 0 Å². The molecule has 13 rings (SSSR count). The van der Waals surface area contributed by atoms with E-state index in [2.05, 4.69) is 254 Å². The highest BCUT2D eigenvalue weighted by molar-refractivity contribution is 5.96. The van der Waals surface area contributed by atoms with Crippen LogP contribution in [0.2, 0.25) is 0 Å². The fourth-order valence-corrected chi connectivity index (χ4v) is 11.3. The number of hydrogen-bond acceptors (Lipinski definition) is 2. The molecule has 0 aromatic heterocycles. The quantitative estimate of drug-likeness (QED) is 0.163. The van der Waals surface area contributed by atoms with Crippen LogP contribution in [-0.4, -0.2) is 0 Å². The lowest BCUT2D eigenvalue weighted by Gasteiger charge is -2.35. The van der Waals surface area contributed by atoms with Gasteiger partial charge in [0.15, 0.2) is 0 Å². The van der Waals surface area contributed by atoms with Gasteiger partial charge in [0.25, 0.3) is 0 Å². The molecule has 65 heavy (non-hydrogen) atoms. The molecule has 0 bridgehead atoms. The zero-order valence-corrected chi connectivity index (χ0v) is 36.5. The van der Waals surface area contributed by atoms with Gasteiger partial charge in [0.1, 0.15) is 0 Å². The van der Waals surface area contributed by atoms with Crippen molar-refractivity contribution < 1.29 is 0 Å². The molecule has 0 saturated heterocycles. The Morgan fingerprint density at radius 2 is 0.769 bits per heavy atom. The van der Waals surface area contributed by atoms with Crippen molar-refractivity contribution in [2.75, 3.05) is 9.80 Å². The first-order chi connectivity index (χ1) is 32.0. The molecule has 2 heterocycles. The average Bonchev–Trinajstić information content (AvgIpc) is 3.48.